The van der Waals surface area contributed by atoms with Crippen molar-refractivity contribution in [2.75, 3.05) is 13.2 Å². The number of nitrogens with two attached hydrogens (primary N) is 1. The fraction of sp³-hybridized carbons (Fsp3) is 0.533. The minimum Gasteiger partial charge on any atom is -0.491 e. The van der Waals surface area contributed by atoms with Gasteiger partial charge in [0.1, 0.15) is 12.4 Å². The van der Waals surface area contributed by atoms with E-state index in [1.165, 1.54) is 0 Å². The van der Waals surface area contributed by atoms with Gasteiger partial charge in [-0.05, 0) is 18.9 Å². The lowest BCUT2D eigenvalue weighted by Crippen LogP contribution is -2.45. The Kier molecular flexibility index (Phi) is 3.19. The van der Waals surface area contributed by atoms with Crippen molar-refractivity contribution >= 4 is 5.91 Å². The van der Waals surface area contributed by atoms with Gasteiger partial charge in [0.05, 0.1) is 11.5 Å². The zero-order chi connectivity index (χ0) is 13.3. The van der Waals surface area contributed by atoms with Crippen LogP contribution in [0.4, 0.5) is 0 Å². The summed E-state index contributed by atoms with van der Waals surface area (Å²) in [6, 6.07) is 7.84. The molecule has 0 saturated heterocycles. The first-order valence-corrected chi connectivity index (χ1v) is 6.98. The number of ether oxygens (including phenoxy) is 1. The van der Waals surface area contributed by atoms with Crippen LogP contribution in [-0.2, 0) is 4.79 Å². The van der Waals surface area contributed by atoms with Crippen LogP contribution >= 0.6 is 0 Å². The van der Waals surface area contributed by atoms with E-state index in [4.69, 9.17) is 10.5 Å². The molecule has 3 rings (SSSR count). The Bertz CT molecular complexity index is 481. The monoisotopic (exact) mass is 260 g/mol. The highest BCUT2D eigenvalue weighted by Gasteiger charge is 2.41. The Balaban J connectivity index is 1.74. The summed E-state index contributed by atoms with van der Waals surface area (Å²) < 4.78 is 5.60. The van der Waals surface area contributed by atoms with E-state index in [0.717, 1.165) is 37.0 Å². The number of nitrogens with one attached hydrogen (secondary N) is 1. The maximum atomic E-state index is 12.5. The normalized spacial score (nSPS) is 23.7. The SMILES string of the molecule is NCC1(C(=O)NC2COc3ccccc32)CCCC1. The van der Waals surface area contributed by atoms with Gasteiger partial charge < -0.3 is 15.8 Å². The number of carbonyl (C=O) groups excluding carboxylic acids is 1. The first-order chi connectivity index (χ1) is 9.25. The average molecular weight is 260 g/mol. The third-order valence-electron chi connectivity index (χ3n) is 4.44. The van der Waals surface area contributed by atoms with E-state index < -0.39 is 0 Å². The molecule has 1 unspecified atom stereocenters. The highest BCUT2D eigenvalue weighted by atomic mass is 16.5. The van der Waals surface area contributed by atoms with E-state index in [2.05, 4.69) is 5.32 Å². The molecular weight excluding hydrogens is 240 g/mol. The van der Waals surface area contributed by atoms with Gasteiger partial charge in [0, 0.05) is 12.1 Å². The van der Waals surface area contributed by atoms with Crippen LogP contribution in [0.5, 0.6) is 5.75 Å². The predicted molar refractivity (Wildman–Crippen MR) is 72.8 cm³/mol. The third kappa shape index (κ3) is 2.10. The summed E-state index contributed by atoms with van der Waals surface area (Å²) in [5, 5.41) is 3.12. The van der Waals surface area contributed by atoms with Crippen LogP contribution in [0.3, 0.4) is 0 Å². The molecule has 1 atom stereocenters. The second-order valence-electron chi connectivity index (χ2n) is 5.57. The Labute approximate surface area is 113 Å². The first-order valence-electron chi connectivity index (χ1n) is 6.98. The second-order valence-corrected chi connectivity index (χ2v) is 5.57. The van der Waals surface area contributed by atoms with Crippen LogP contribution in [0.2, 0.25) is 0 Å². The number of fused-ring (bicyclic) bond motifs is 1. The third-order valence-corrected chi connectivity index (χ3v) is 4.44. The number of hydrogen-bond acceptors (Lipinski definition) is 3. The van der Waals surface area contributed by atoms with Gasteiger partial charge in [-0.25, -0.2) is 0 Å². The second kappa shape index (κ2) is 4.85. The maximum absolute atomic E-state index is 12.5. The molecule has 3 N–H and O–H groups in total. The van der Waals surface area contributed by atoms with Crippen LogP contribution in [-0.4, -0.2) is 19.1 Å². The molecule has 1 fully saturated rings. The van der Waals surface area contributed by atoms with E-state index in [-0.39, 0.29) is 17.4 Å². The topological polar surface area (TPSA) is 64.4 Å². The lowest BCUT2D eigenvalue weighted by molar-refractivity contribution is -0.131. The van der Waals surface area contributed by atoms with Gasteiger partial charge in [-0.2, -0.15) is 0 Å². The summed E-state index contributed by atoms with van der Waals surface area (Å²) in [4.78, 5) is 12.5. The Morgan fingerprint density at radius 1 is 1.37 bits per heavy atom. The quantitative estimate of drug-likeness (QED) is 0.870. The molecule has 1 saturated carbocycles. The lowest BCUT2D eigenvalue weighted by Gasteiger charge is -2.27. The van der Waals surface area contributed by atoms with Crippen LogP contribution in [0.25, 0.3) is 0 Å². The molecule has 102 valence electrons. The molecule has 1 aromatic carbocycles. The number of amides is 1. The molecular formula is C15H20N2O2. The number of hydrogen-bond donors (Lipinski definition) is 2. The number of carbonyl (C=O) groups is 1. The molecule has 4 heteroatoms. The molecule has 0 bridgehead atoms. The predicted octanol–water partition coefficient (Wildman–Crippen LogP) is 1.76. The molecule has 1 aromatic rings. The van der Waals surface area contributed by atoms with Crippen molar-refractivity contribution in [2.45, 2.75) is 31.7 Å². The zero-order valence-corrected chi connectivity index (χ0v) is 11.0. The molecule has 0 aromatic heterocycles. The van der Waals surface area contributed by atoms with Crippen molar-refractivity contribution < 1.29 is 9.53 Å². The first kappa shape index (κ1) is 12.5. The van der Waals surface area contributed by atoms with Crippen LogP contribution in [0.15, 0.2) is 24.3 Å². The van der Waals surface area contributed by atoms with Gasteiger partial charge in [-0.15, -0.1) is 0 Å². The van der Waals surface area contributed by atoms with Gasteiger partial charge in [0.2, 0.25) is 5.91 Å². The van der Waals surface area contributed by atoms with Gasteiger partial charge in [0.25, 0.3) is 0 Å². The van der Waals surface area contributed by atoms with E-state index >= 15 is 0 Å². The maximum Gasteiger partial charge on any atom is 0.228 e. The van der Waals surface area contributed by atoms with E-state index in [9.17, 15) is 4.79 Å². The van der Waals surface area contributed by atoms with E-state index in [1.807, 2.05) is 24.3 Å². The summed E-state index contributed by atoms with van der Waals surface area (Å²) in [5.74, 6) is 0.971. The van der Waals surface area contributed by atoms with Gasteiger partial charge in [-0.1, -0.05) is 31.0 Å². The highest BCUT2D eigenvalue weighted by molar-refractivity contribution is 5.83. The Morgan fingerprint density at radius 3 is 2.84 bits per heavy atom. The fourth-order valence-corrected chi connectivity index (χ4v) is 3.17. The summed E-state index contributed by atoms with van der Waals surface area (Å²) in [7, 11) is 0. The Morgan fingerprint density at radius 2 is 2.11 bits per heavy atom. The Hall–Kier alpha value is -1.55. The minimum absolute atomic E-state index is 0.0345. The molecule has 0 radical (unpaired) electrons. The molecule has 0 spiro atoms. The zero-order valence-electron chi connectivity index (χ0n) is 11.0. The number of para-hydroxylation sites is 1. The van der Waals surface area contributed by atoms with Crippen molar-refractivity contribution in [1.82, 2.24) is 5.32 Å². The average Bonchev–Trinajstić information content (AvgIpc) is 3.07. The minimum atomic E-state index is -0.350. The molecule has 1 aliphatic carbocycles. The van der Waals surface area contributed by atoms with Gasteiger partial charge in [-0.3, -0.25) is 4.79 Å². The van der Waals surface area contributed by atoms with Crippen LogP contribution in [0, 0.1) is 5.41 Å². The number of benzene rings is 1. The van der Waals surface area contributed by atoms with Gasteiger partial charge in [0.15, 0.2) is 0 Å². The van der Waals surface area contributed by atoms with Crippen molar-refractivity contribution in [3.8, 4) is 5.75 Å². The van der Waals surface area contributed by atoms with Crippen LogP contribution in [0.1, 0.15) is 37.3 Å². The molecule has 1 aliphatic heterocycles. The molecule has 4 nitrogen and oxygen atoms in total. The lowest BCUT2D eigenvalue weighted by atomic mass is 9.85. The molecule has 19 heavy (non-hydrogen) atoms. The number of rotatable bonds is 3. The van der Waals surface area contributed by atoms with Gasteiger partial charge >= 0.3 is 0 Å². The smallest absolute Gasteiger partial charge is 0.228 e. The summed E-state index contributed by atoms with van der Waals surface area (Å²) in [5.41, 5.74) is 6.57. The van der Waals surface area contributed by atoms with Crippen molar-refractivity contribution in [1.29, 1.82) is 0 Å². The largest absolute Gasteiger partial charge is 0.491 e. The van der Waals surface area contributed by atoms with E-state index in [0.29, 0.717) is 13.2 Å². The summed E-state index contributed by atoms with van der Waals surface area (Å²) in [6.07, 6.45) is 4.01. The molecule has 2 aliphatic rings. The van der Waals surface area contributed by atoms with Crippen molar-refractivity contribution in [3.63, 3.8) is 0 Å². The fourth-order valence-electron chi connectivity index (χ4n) is 3.17. The highest BCUT2D eigenvalue weighted by Crippen LogP contribution is 2.39. The molecule has 1 amide bonds. The molecule has 1 heterocycles. The standard InChI is InChI=1S/C15H20N2O2/c16-10-15(7-3-4-8-15)14(18)17-12-9-19-13-6-2-1-5-11(12)13/h1-2,5-6,12H,3-4,7-10,16H2,(H,17,18). The van der Waals surface area contributed by atoms with Crippen LogP contribution < -0.4 is 15.8 Å². The summed E-state index contributed by atoms with van der Waals surface area (Å²) in [6.45, 7) is 0.958. The summed E-state index contributed by atoms with van der Waals surface area (Å²) >= 11 is 0. The van der Waals surface area contributed by atoms with E-state index in [1.54, 1.807) is 0 Å². The van der Waals surface area contributed by atoms with Crippen molar-refractivity contribution in [3.05, 3.63) is 29.8 Å². The van der Waals surface area contributed by atoms with Crippen molar-refractivity contribution in [2.24, 2.45) is 11.1 Å².